The number of nitrogens with two attached hydrogens (primary N) is 1. The molecule has 0 saturated carbocycles. The van der Waals surface area contributed by atoms with Gasteiger partial charge in [0, 0.05) is 5.92 Å². The molecule has 0 fully saturated rings. The molecule has 1 amide bonds. The summed E-state index contributed by atoms with van der Waals surface area (Å²) in [6.45, 7) is 4.40. The zero-order valence-electron chi connectivity index (χ0n) is 21.2. The van der Waals surface area contributed by atoms with Crippen LogP contribution in [0.15, 0.2) is 60.8 Å². The third-order valence-corrected chi connectivity index (χ3v) is 5.69. The van der Waals surface area contributed by atoms with Crippen molar-refractivity contribution in [1.29, 1.82) is 0 Å². The lowest BCUT2D eigenvalue weighted by Crippen LogP contribution is -2.23. The van der Waals surface area contributed by atoms with E-state index in [1.807, 2.05) is 0 Å². The molecular formula is C30H51NO. The predicted molar refractivity (Wildman–Crippen MR) is 144 cm³/mol. The first kappa shape index (κ1) is 30.2. The molecule has 0 spiro atoms. The molecule has 0 aliphatic heterocycles. The molecule has 182 valence electrons. The molecule has 2 N–H and O–H groups in total. The van der Waals surface area contributed by atoms with Crippen LogP contribution in [-0.4, -0.2) is 5.91 Å². The molecule has 0 heterocycles. The molecule has 32 heavy (non-hydrogen) atoms. The molecule has 0 aromatic heterocycles. The van der Waals surface area contributed by atoms with Crippen molar-refractivity contribution in [3.8, 4) is 0 Å². The van der Waals surface area contributed by atoms with Crippen molar-refractivity contribution < 1.29 is 4.79 Å². The minimum atomic E-state index is -0.120. The Morgan fingerprint density at radius 2 is 0.969 bits per heavy atom. The molecule has 0 aromatic rings. The lowest BCUT2D eigenvalue weighted by atomic mass is 9.95. The molecule has 2 nitrogen and oxygen atoms in total. The van der Waals surface area contributed by atoms with Crippen LogP contribution in [0.3, 0.4) is 0 Å². The molecule has 0 aliphatic carbocycles. The van der Waals surface area contributed by atoms with Crippen LogP contribution < -0.4 is 5.73 Å². The number of carbonyl (C=O) groups excluding carboxylic acids is 1. The van der Waals surface area contributed by atoms with Crippen molar-refractivity contribution in [2.45, 2.75) is 117 Å². The first-order valence-corrected chi connectivity index (χ1v) is 13.3. The quantitative estimate of drug-likeness (QED) is 0.132. The summed E-state index contributed by atoms with van der Waals surface area (Å²) in [5.74, 6) is -0.0428. The molecule has 0 rings (SSSR count). The number of unbranched alkanes of at least 4 members (excludes halogenated alkanes) is 10. The Balaban J connectivity index is 3.54. The highest BCUT2D eigenvalue weighted by Crippen LogP contribution is 2.16. The smallest absolute Gasteiger partial charge is 0.220 e. The van der Waals surface area contributed by atoms with Gasteiger partial charge in [-0.2, -0.15) is 0 Å². The Morgan fingerprint density at radius 3 is 1.44 bits per heavy atom. The summed E-state index contributed by atoms with van der Waals surface area (Å²) in [5.41, 5.74) is 5.50. The van der Waals surface area contributed by atoms with Crippen molar-refractivity contribution >= 4 is 5.91 Å². The fourth-order valence-corrected chi connectivity index (χ4v) is 3.57. The second-order valence-electron chi connectivity index (χ2n) is 8.76. The van der Waals surface area contributed by atoms with E-state index in [-0.39, 0.29) is 11.8 Å². The van der Waals surface area contributed by atoms with E-state index in [0.29, 0.717) is 0 Å². The monoisotopic (exact) mass is 441 g/mol. The van der Waals surface area contributed by atoms with Crippen LogP contribution in [0.25, 0.3) is 0 Å². The molecule has 1 unspecified atom stereocenters. The molecule has 0 saturated heterocycles. The van der Waals surface area contributed by atoms with Crippen molar-refractivity contribution in [3.05, 3.63) is 60.8 Å². The Morgan fingerprint density at radius 1 is 0.562 bits per heavy atom. The van der Waals surface area contributed by atoms with Gasteiger partial charge in [-0.25, -0.2) is 0 Å². The minimum absolute atomic E-state index is 0.0769. The second-order valence-corrected chi connectivity index (χ2v) is 8.76. The second kappa shape index (κ2) is 25.4. The fourth-order valence-electron chi connectivity index (χ4n) is 3.57. The Labute approximate surface area is 199 Å². The Bertz CT molecular complexity index is 553. The van der Waals surface area contributed by atoms with Gasteiger partial charge in [-0.1, -0.05) is 113 Å². The van der Waals surface area contributed by atoms with Crippen LogP contribution in [0, 0.1) is 5.92 Å². The zero-order chi connectivity index (χ0) is 23.5. The maximum atomic E-state index is 11.4. The van der Waals surface area contributed by atoms with Crippen molar-refractivity contribution in [2.24, 2.45) is 11.7 Å². The van der Waals surface area contributed by atoms with Gasteiger partial charge < -0.3 is 5.73 Å². The number of rotatable bonds is 22. The van der Waals surface area contributed by atoms with Crippen molar-refractivity contribution in [3.63, 3.8) is 0 Å². The summed E-state index contributed by atoms with van der Waals surface area (Å²) < 4.78 is 0. The lowest BCUT2D eigenvalue weighted by molar-refractivity contribution is -0.122. The van der Waals surface area contributed by atoms with Gasteiger partial charge in [-0.15, -0.1) is 0 Å². The molecule has 0 aliphatic rings. The van der Waals surface area contributed by atoms with E-state index in [2.05, 4.69) is 74.6 Å². The molecule has 1 atom stereocenters. The third-order valence-electron chi connectivity index (χ3n) is 5.69. The zero-order valence-corrected chi connectivity index (χ0v) is 21.2. The van der Waals surface area contributed by atoms with Crippen LogP contribution in [0.4, 0.5) is 0 Å². The van der Waals surface area contributed by atoms with Gasteiger partial charge in [-0.05, 0) is 64.2 Å². The Hall–Kier alpha value is -1.83. The number of primary amides is 1. The van der Waals surface area contributed by atoms with Crippen molar-refractivity contribution in [2.75, 3.05) is 0 Å². The highest BCUT2D eigenvalue weighted by molar-refractivity contribution is 5.76. The van der Waals surface area contributed by atoms with E-state index >= 15 is 0 Å². The average molecular weight is 442 g/mol. The largest absolute Gasteiger partial charge is 0.369 e. The van der Waals surface area contributed by atoms with E-state index in [1.54, 1.807) is 0 Å². The van der Waals surface area contributed by atoms with Gasteiger partial charge in [0.25, 0.3) is 0 Å². The topological polar surface area (TPSA) is 43.1 Å². The van der Waals surface area contributed by atoms with E-state index in [0.717, 1.165) is 51.4 Å². The normalized spacial score (nSPS) is 13.6. The highest BCUT2D eigenvalue weighted by atomic mass is 16.1. The van der Waals surface area contributed by atoms with Gasteiger partial charge in [0.1, 0.15) is 0 Å². The predicted octanol–water partition coefficient (Wildman–Crippen LogP) is 9.15. The van der Waals surface area contributed by atoms with E-state index in [9.17, 15) is 4.79 Å². The lowest BCUT2D eigenvalue weighted by Gasteiger charge is -2.11. The van der Waals surface area contributed by atoms with Gasteiger partial charge in [-0.3, -0.25) is 4.79 Å². The van der Waals surface area contributed by atoms with Gasteiger partial charge in [0.05, 0.1) is 0 Å². The fraction of sp³-hybridized carbons (Fsp3) is 0.633. The van der Waals surface area contributed by atoms with E-state index in [4.69, 9.17) is 5.73 Å². The molecular weight excluding hydrogens is 390 g/mol. The minimum Gasteiger partial charge on any atom is -0.369 e. The summed E-state index contributed by atoms with van der Waals surface area (Å²) in [6, 6.07) is 0. The number of hydrogen-bond donors (Lipinski definition) is 1. The third kappa shape index (κ3) is 22.8. The van der Waals surface area contributed by atoms with Crippen molar-refractivity contribution in [1.82, 2.24) is 0 Å². The maximum Gasteiger partial charge on any atom is 0.220 e. The number of carbonyl (C=O) groups is 1. The van der Waals surface area contributed by atoms with Gasteiger partial charge in [0.15, 0.2) is 0 Å². The van der Waals surface area contributed by atoms with Gasteiger partial charge >= 0.3 is 0 Å². The SMILES string of the molecule is CCCCC/C=C/C=C/C=C/CCCCC/C=C/C=C/CCCCC(CCCC)C(N)=O. The first-order chi connectivity index (χ1) is 15.7. The number of allylic oxidation sites excluding steroid dienone is 10. The highest BCUT2D eigenvalue weighted by Gasteiger charge is 2.13. The van der Waals surface area contributed by atoms with Crippen LogP contribution in [0.2, 0.25) is 0 Å². The summed E-state index contributed by atoms with van der Waals surface area (Å²) in [4.78, 5) is 11.4. The molecule has 0 radical (unpaired) electrons. The number of hydrogen-bond acceptors (Lipinski definition) is 1. The van der Waals surface area contributed by atoms with E-state index < -0.39 is 0 Å². The van der Waals surface area contributed by atoms with Crippen LogP contribution in [0.1, 0.15) is 117 Å². The standard InChI is InChI=1S/C30H51NO/c1-3-5-7-8-9-10-11-12-13-14-15-16-17-18-19-20-21-22-23-24-25-26-28-29(30(31)32)27-6-4-2/h9-14,20-23,29H,3-8,15-19,24-28H2,1-2H3,(H2,31,32)/b10-9+,12-11+,14-13+,21-20+,23-22+. The average Bonchev–Trinajstić information content (AvgIpc) is 2.79. The Kier molecular flexibility index (Phi) is 24.0. The molecule has 0 aromatic carbocycles. The molecule has 2 heteroatoms. The molecule has 0 bridgehead atoms. The summed E-state index contributed by atoms with van der Waals surface area (Å²) >= 11 is 0. The summed E-state index contributed by atoms with van der Waals surface area (Å²) in [5, 5.41) is 0. The number of amides is 1. The first-order valence-electron chi connectivity index (χ1n) is 13.3. The summed E-state index contributed by atoms with van der Waals surface area (Å²) in [6.07, 6.45) is 40.7. The van der Waals surface area contributed by atoms with Crippen LogP contribution in [-0.2, 0) is 4.79 Å². The van der Waals surface area contributed by atoms with Crippen LogP contribution >= 0.6 is 0 Å². The summed E-state index contributed by atoms with van der Waals surface area (Å²) in [7, 11) is 0. The van der Waals surface area contributed by atoms with E-state index in [1.165, 1.54) is 51.4 Å². The van der Waals surface area contributed by atoms with Crippen LogP contribution in [0.5, 0.6) is 0 Å². The van der Waals surface area contributed by atoms with Gasteiger partial charge in [0.2, 0.25) is 5.91 Å². The maximum absolute atomic E-state index is 11.4.